The van der Waals surface area contributed by atoms with Gasteiger partial charge in [0.1, 0.15) is 0 Å². The fraction of sp³-hybridized carbons (Fsp3) is 0.333. The summed E-state index contributed by atoms with van der Waals surface area (Å²) in [4.78, 5) is 0. The highest BCUT2D eigenvalue weighted by molar-refractivity contribution is 5.56. The molecule has 1 unspecified atom stereocenters. The number of aryl methyl sites for hydroxylation is 4. The van der Waals surface area contributed by atoms with Crippen LogP contribution in [0.1, 0.15) is 40.3 Å². The SMILES string of the molecule is Cc1cc(C)c(C2CCc3ccccc3N2)c(C)c1. The van der Waals surface area contributed by atoms with Crippen molar-refractivity contribution in [2.45, 2.75) is 39.7 Å². The molecule has 0 bridgehead atoms. The summed E-state index contributed by atoms with van der Waals surface area (Å²) in [5, 5.41) is 3.71. The van der Waals surface area contributed by atoms with Crippen molar-refractivity contribution in [3.63, 3.8) is 0 Å². The number of anilines is 1. The molecule has 1 N–H and O–H groups in total. The van der Waals surface area contributed by atoms with Crippen LogP contribution < -0.4 is 5.32 Å². The summed E-state index contributed by atoms with van der Waals surface area (Å²) in [7, 11) is 0. The topological polar surface area (TPSA) is 12.0 Å². The van der Waals surface area contributed by atoms with E-state index in [1.807, 2.05) is 0 Å². The largest absolute Gasteiger partial charge is 0.378 e. The molecule has 1 aliphatic heterocycles. The van der Waals surface area contributed by atoms with Gasteiger partial charge in [0, 0.05) is 5.69 Å². The van der Waals surface area contributed by atoms with Crippen molar-refractivity contribution in [2.24, 2.45) is 0 Å². The van der Waals surface area contributed by atoms with Gasteiger partial charge in [-0.1, -0.05) is 35.9 Å². The van der Waals surface area contributed by atoms with Crippen LogP contribution in [-0.2, 0) is 6.42 Å². The molecule has 0 aliphatic carbocycles. The lowest BCUT2D eigenvalue weighted by Gasteiger charge is -2.30. The maximum absolute atomic E-state index is 3.71. The number of hydrogen-bond donors (Lipinski definition) is 1. The Morgan fingerprint density at radius 1 is 1.00 bits per heavy atom. The second-order valence-electron chi connectivity index (χ2n) is 5.71. The first-order chi connectivity index (χ1) is 9.15. The maximum Gasteiger partial charge on any atom is 0.0522 e. The Balaban J connectivity index is 1.98. The van der Waals surface area contributed by atoms with E-state index >= 15 is 0 Å². The third-order valence-corrected chi connectivity index (χ3v) is 4.14. The third kappa shape index (κ3) is 2.25. The van der Waals surface area contributed by atoms with Crippen LogP contribution in [0.5, 0.6) is 0 Å². The van der Waals surface area contributed by atoms with Crippen molar-refractivity contribution in [3.8, 4) is 0 Å². The first kappa shape index (κ1) is 12.3. The average Bonchev–Trinajstić information content (AvgIpc) is 2.37. The van der Waals surface area contributed by atoms with Crippen molar-refractivity contribution in [1.82, 2.24) is 0 Å². The summed E-state index contributed by atoms with van der Waals surface area (Å²) in [5.74, 6) is 0. The number of para-hydroxylation sites is 1. The molecule has 98 valence electrons. The van der Waals surface area contributed by atoms with E-state index in [-0.39, 0.29) is 0 Å². The van der Waals surface area contributed by atoms with E-state index < -0.39 is 0 Å². The summed E-state index contributed by atoms with van der Waals surface area (Å²) < 4.78 is 0. The van der Waals surface area contributed by atoms with Gasteiger partial charge in [0.05, 0.1) is 6.04 Å². The lowest BCUT2D eigenvalue weighted by atomic mass is 9.88. The third-order valence-electron chi connectivity index (χ3n) is 4.14. The molecule has 3 rings (SSSR count). The lowest BCUT2D eigenvalue weighted by molar-refractivity contribution is 0.660. The van der Waals surface area contributed by atoms with E-state index in [2.05, 4.69) is 62.5 Å². The summed E-state index contributed by atoms with van der Waals surface area (Å²) in [5.41, 5.74) is 8.41. The van der Waals surface area contributed by atoms with Crippen LogP contribution in [0.15, 0.2) is 36.4 Å². The Labute approximate surface area is 115 Å². The first-order valence-corrected chi connectivity index (χ1v) is 7.07. The second-order valence-corrected chi connectivity index (χ2v) is 5.71. The molecular weight excluding hydrogens is 230 g/mol. The standard InChI is InChI=1S/C18H21N/c1-12-10-13(2)18(14(3)11-12)17-9-8-15-6-4-5-7-16(15)19-17/h4-7,10-11,17,19H,8-9H2,1-3H3. The van der Waals surface area contributed by atoms with Crippen molar-refractivity contribution in [3.05, 3.63) is 64.2 Å². The highest BCUT2D eigenvalue weighted by Gasteiger charge is 2.21. The van der Waals surface area contributed by atoms with Crippen LogP contribution in [0.25, 0.3) is 0 Å². The van der Waals surface area contributed by atoms with E-state index in [0.29, 0.717) is 6.04 Å². The lowest BCUT2D eigenvalue weighted by Crippen LogP contribution is -2.19. The number of fused-ring (bicyclic) bond motifs is 1. The zero-order chi connectivity index (χ0) is 13.4. The van der Waals surface area contributed by atoms with Crippen LogP contribution >= 0.6 is 0 Å². The van der Waals surface area contributed by atoms with Gasteiger partial charge in [-0.05, 0) is 61.9 Å². The fourth-order valence-electron chi connectivity index (χ4n) is 3.40. The molecule has 0 fully saturated rings. The van der Waals surface area contributed by atoms with Crippen LogP contribution in [0.4, 0.5) is 5.69 Å². The van der Waals surface area contributed by atoms with E-state index in [9.17, 15) is 0 Å². The Morgan fingerprint density at radius 2 is 1.68 bits per heavy atom. The van der Waals surface area contributed by atoms with Gasteiger partial charge in [-0.3, -0.25) is 0 Å². The van der Waals surface area contributed by atoms with Crippen molar-refractivity contribution in [2.75, 3.05) is 5.32 Å². The fourth-order valence-corrected chi connectivity index (χ4v) is 3.40. The van der Waals surface area contributed by atoms with E-state index in [0.717, 1.165) is 0 Å². The normalized spacial score (nSPS) is 17.7. The van der Waals surface area contributed by atoms with Gasteiger partial charge in [-0.15, -0.1) is 0 Å². The Hall–Kier alpha value is -1.76. The molecule has 19 heavy (non-hydrogen) atoms. The zero-order valence-corrected chi connectivity index (χ0v) is 12.0. The van der Waals surface area contributed by atoms with Gasteiger partial charge in [0.25, 0.3) is 0 Å². The highest BCUT2D eigenvalue weighted by Crippen LogP contribution is 2.35. The van der Waals surface area contributed by atoms with Crippen LogP contribution in [0.3, 0.4) is 0 Å². The molecule has 0 spiro atoms. The van der Waals surface area contributed by atoms with E-state index in [4.69, 9.17) is 0 Å². The Morgan fingerprint density at radius 3 is 2.42 bits per heavy atom. The van der Waals surface area contributed by atoms with Gasteiger partial charge in [-0.2, -0.15) is 0 Å². The number of rotatable bonds is 1. The average molecular weight is 251 g/mol. The van der Waals surface area contributed by atoms with E-state index in [1.165, 1.54) is 46.3 Å². The van der Waals surface area contributed by atoms with Crippen molar-refractivity contribution < 1.29 is 0 Å². The molecule has 0 saturated heterocycles. The molecule has 2 aromatic carbocycles. The van der Waals surface area contributed by atoms with Crippen molar-refractivity contribution in [1.29, 1.82) is 0 Å². The molecule has 0 saturated carbocycles. The summed E-state index contributed by atoms with van der Waals surface area (Å²) >= 11 is 0. The number of nitrogens with one attached hydrogen (secondary N) is 1. The van der Waals surface area contributed by atoms with Gasteiger partial charge in [0.2, 0.25) is 0 Å². The molecule has 2 aromatic rings. The molecule has 1 heteroatoms. The summed E-state index contributed by atoms with van der Waals surface area (Å²) in [6, 6.07) is 13.7. The van der Waals surface area contributed by atoms with E-state index in [1.54, 1.807) is 0 Å². The van der Waals surface area contributed by atoms with Crippen molar-refractivity contribution >= 4 is 5.69 Å². The van der Waals surface area contributed by atoms with Gasteiger partial charge in [-0.25, -0.2) is 0 Å². The summed E-state index contributed by atoms with van der Waals surface area (Å²) in [6.07, 6.45) is 2.35. The van der Waals surface area contributed by atoms with Gasteiger partial charge >= 0.3 is 0 Å². The minimum Gasteiger partial charge on any atom is -0.378 e. The summed E-state index contributed by atoms with van der Waals surface area (Å²) in [6.45, 7) is 6.64. The molecule has 1 atom stereocenters. The molecular formula is C18H21N. The van der Waals surface area contributed by atoms with Crippen LogP contribution in [0, 0.1) is 20.8 Å². The van der Waals surface area contributed by atoms with Crippen LogP contribution in [-0.4, -0.2) is 0 Å². The maximum atomic E-state index is 3.71. The molecule has 1 heterocycles. The Bertz CT molecular complexity index is 590. The van der Waals surface area contributed by atoms with Gasteiger partial charge in [0.15, 0.2) is 0 Å². The minimum atomic E-state index is 0.454. The van der Waals surface area contributed by atoms with Crippen LogP contribution in [0.2, 0.25) is 0 Å². The Kier molecular flexibility index (Phi) is 3.06. The molecule has 1 nitrogen and oxygen atoms in total. The number of benzene rings is 2. The minimum absolute atomic E-state index is 0.454. The predicted molar refractivity (Wildman–Crippen MR) is 81.8 cm³/mol. The van der Waals surface area contributed by atoms with Gasteiger partial charge < -0.3 is 5.32 Å². The quantitative estimate of drug-likeness (QED) is 0.774. The predicted octanol–water partition coefficient (Wildman–Crippen LogP) is 4.71. The molecule has 1 aliphatic rings. The number of hydrogen-bond acceptors (Lipinski definition) is 1. The highest BCUT2D eigenvalue weighted by atomic mass is 14.9. The monoisotopic (exact) mass is 251 g/mol. The second kappa shape index (κ2) is 4.73. The smallest absolute Gasteiger partial charge is 0.0522 e. The zero-order valence-electron chi connectivity index (χ0n) is 12.0. The molecule has 0 radical (unpaired) electrons. The molecule has 0 amide bonds. The molecule has 0 aromatic heterocycles. The first-order valence-electron chi connectivity index (χ1n) is 7.07.